The first-order valence-electron chi connectivity index (χ1n) is 6.40. The first-order valence-corrected chi connectivity index (χ1v) is 6.40. The van der Waals surface area contributed by atoms with E-state index in [4.69, 9.17) is 10.5 Å². The quantitative estimate of drug-likeness (QED) is 0.840. The summed E-state index contributed by atoms with van der Waals surface area (Å²) in [6.07, 6.45) is 0. The Morgan fingerprint density at radius 3 is 2.45 bits per heavy atom. The molecule has 0 aliphatic heterocycles. The summed E-state index contributed by atoms with van der Waals surface area (Å²) in [5.41, 5.74) is 9.10. The van der Waals surface area contributed by atoms with Gasteiger partial charge in [-0.15, -0.1) is 0 Å². The largest absolute Gasteiger partial charge is 0.484 e. The fourth-order valence-corrected chi connectivity index (χ4v) is 1.96. The molecule has 0 atom stereocenters. The minimum absolute atomic E-state index is 0.0444. The van der Waals surface area contributed by atoms with Gasteiger partial charge < -0.3 is 15.8 Å². The van der Waals surface area contributed by atoms with E-state index in [2.05, 4.69) is 11.4 Å². The van der Waals surface area contributed by atoms with Gasteiger partial charge in [-0.1, -0.05) is 18.2 Å². The van der Waals surface area contributed by atoms with Crippen molar-refractivity contribution < 1.29 is 9.53 Å². The van der Waals surface area contributed by atoms with Crippen LogP contribution in [-0.4, -0.2) is 12.5 Å². The number of carbonyl (C=O) groups is 1. The van der Waals surface area contributed by atoms with Gasteiger partial charge in [0.25, 0.3) is 5.91 Å². The van der Waals surface area contributed by atoms with Crippen molar-refractivity contribution >= 4 is 17.3 Å². The minimum Gasteiger partial charge on any atom is -0.484 e. The van der Waals surface area contributed by atoms with Gasteiger partial charge in [0.05, 0.1) is 11.4 Å². The summed E-state index contributed by atoms with van der Waals surface area (Å²) in [7, 11) is 0. The third-order valence-corrected chi connectivity index (χ3v) is 2.80. The summed E-state index contributed by atoms with van der Waals surface area (Å²) >= 11 is 0. The third kappa shape index (κ3) is 3.75. The molecular weight excluding hydrogens is 252 g/mol. The zero-order valence-electron chi connectivity index (χ0n) is 11.6. The highest BCUT2D eigenvalue weighted by molar-refractivity contribution is 5.94. The van der Waals surface area contributed by atoms with E-state index >= 15 is 0 Å². The Morgan fingerprint density at radius 1 is 1.15 bits per heavy atom. The molecule has 104 valence electrons. The standard InChI is InChI=1S/C16H18N2O2/c1-11-7-12(2)9-13(8-11)20-10-16(19)18-15-6-4-3-5-14(15)17/h3-9H,10,17H2,1-2H3,(H,18,19). The van der Waals surface area contributed by atoms with Crippen LogP contribution in [0.3, 0.4) is 0 Å². The molecule has 0 saturated heterocycles. The van der Waals surface area contributed by atoms with Crippen molar-refractivity contribution in [3.05, 3.63) is 53.6 Å². The number of hydrogen-bond donors (Lipinski definition) is 2. The van der Waals surface area contributed by atoms with Crippen molar-refractivity contribution in [3.63, 3.8) is 0 Å². The van der Waals surface area contributed by atoms with Crippen molar-refractivity contribution in [1.82, 2.24) is 0 Å². The van der Waals surface area contributed by atoms with Crippen LogP contribution >= 0.6 is 0 Å². The molecule has 20 heavy (non-hydrogen) atoms. The number of aryl methyl sites for hydroxylation is 2. The fourth-order valence-electron chi connectivity index (χ4n) is 1.96. The molecule has 2 aromatic carbocycles. The monoisotopic (exact) mass is 270 g/mol. The Morgan fingerprint density at radius 2 is 1.80 bits per heavy atom. The SMILES string of the molecule is Cc1cc(C)cc(OCC(=O)Nc2ccccc2N)c1. The van der Waals surface area contributed by atoms with Gasteiger partial charge in [0.2, 0.25) is 0 Å². The average Bonchev–Trinajstić information content (AvgIpc) is 2.38. The van der Waals surface area contributed by atoms with Crippen LogP contribution in [0.5, 0.6) is 5.75 Å². The molecule has 4 heteroatoms. The number of nitrogens with two attached hydrogens (primary N) is 1. The Balaban J connectivity index is 1.94. The number of benzene rings is 2. The van der Waals surface area contributed by atoms with Gasteiger partial charge in [0.15, 0.2) is 6.61 Å². The second-order valence-corrected chi connectivity index (χ2v) is 4.75. The molecule has 0 unspecified atom stereocenters. The maximum Gasteiger partial charge on any atom is 0.262 e. The highest BCUT2D eigenvalue weighted by Crippen LogP contribution is 2.18. The smallest absolute Gasteiger partial charge is 0.262 e. The molecule has 2 rings (SSSR count). The molecule has 0 bridgehead atoms. The summed E-state index contributed by atoms with van der Waals surface area (Å²) in [5.74, 6) is 0.459. The molecular formula is C16H18N2O2. The van der Waals surface area contributed by atoms with E-state index in [1.807, 2.05) is 38.1 Å². The van der Waals surface area contributed by atoms with Gasteiger partial charge in [0, 0.05) is 0 Å². The predicted octanol–water partition coefficient (Wildman–Crippen LogP) is 2.90. The highest BCUT2D eigenvalue weighted by atomic mass is 16.5. The Kier molecular flexibility index (Phi) is 4.25. The Labute approximate surface area is 118 Å². The van der Waals surface area contributed by atoms with Gasteiger partial charge in [-0.25, -0.2) is 0 Å². The molecule has 0 saturated carbocycles. The van der Waals surface area contributed by atoms with Crippen molar-refractivity contribution in [1.29, 1.82) is 0 Å². The van der Waals surface area contributed by atoms with Crippen LogP contribution < -0.4 is 15.8 Å². The number of nitrogen functional groups attached to an aromatic ring is 1. The van der Waals surface area contributed by atoms with Gasteiger partial charge in [-0.2, -0.15) is 0 Å². The van der Waals surface area contributed by atoms with Gasteiger partial charge in [-0.3, -0.25) is 4.79 Å². The summed E-state index contributed by atoms with van der Waals surface area (Å²) < 4.78 is 5.49. The number of nitrogens with one attached hydrogen (secondary N) is 1. The highest BCUT2D eigenvalue weighted by Gasteiger charge is 2.06. The zero-order chi connectivity index (χ0) is 14.5. The van der Waals surface area contributed by atoms with Crippen LogP contribution in [0, 0.1) is 13.8 Å². The van der Waals surface area contributed by atoms with Crippen molar-refractivity contribution in [2.45, 2.75) is 13.8 Å². The minimum atomic E-state index is -0.234. The normalized spacial score (nSPS) is 10.1. The summed E-state index contributed by atoms with van der Waals surface area (Å²) in [6.45, 7) is 3.94. The molecule has 0 fully saturated rings. The van der Waals surface area contributed by atoms with E-state index in [1.165, 1.54) is 0 Å². The van der Waals surface area contributed by atoms with E-state index < -0.39 is 0 Å². The molecule has 0 heterocycles. The van der Waals surface area contributed by atoms with Gasteiger partial charge in [-0.05, 0) is 49.2 Å². The Bertz CT molecular complexity index is 603. The molecule has 0 spiro atoms. The average molecular weight is 270 g/mol. The molecule has 0 aromatic heterocycles. The van der Waals surface area contributed by atoms with Crippen LogP contribution in [0.4, 0.5) is 11.4 Å². The first kappa shape index (κ1) is 13.9. The van der Waals surface area contributed by atoms with Crippen molar-refractivity contribution in [2.75, 3.05) is 17.7 Å². The lowest BCUT2D eigenvalue weighted by atomic mass is 10.1. The van der Waals surface area contributed by atoms with E-state index in [-0.39, 0.29) is 12.5 Å². The van der Waals surface area contributed by atoms with Crippen LogP contribution in [0.15, 0.2) is 42.5 Å². The van der Waals surface area contributed by atoms with Crippen LogP contribution in [0.2, 0.25) is 0 Å². The van der Waals surface area contributed by atoms with Gasteiger partial charge >= 0.3 is 0 Å². The number of rotatable bonds is 4. The van der Waals surface area contributed by atoms with E-state index in [0.29, 0.717) is 17.1 Å². The molecule has 0 aliphatic carbocycles. The van der Waals surface area contributed by atoms with E-state index in [1.54, 1.807) is 12.1 Å². The second kappa shape index (κ2) is 6.10. The number of para-hydroxylation sites is 2. The maximum absolute atomic E-state index is 11.8. The molecule has 1 amide bonds. The van der Waals surface area contributed by atoms with E-state index in [0.717, 1.165) is 11.1 Å². The summed E-state index contributed by atoms with van der Waals surface area (Å²) in [5, 5.41) is 2.72. The second-order valence-electron chi connectivity index (χ2n) is 4.75. The lowest BCUT2D eigenvalue weighted by Crippen LogP contribution is -2.20. The zero-order valence-corrected chi connectivity index (χ0v) is 11.6. The van der Waals surface area contributed by atoms with Crippen LogP contribution in [0.25, 0.3) is 0 Å². The topological polar surface area (TPSA) is 64.3 Å². The first-order chi connectivity index (χ1) is 9.54. The molecule has 4 nitrogen and oxygen atoms in total. The van der Waals surface area contributed by atoms with Crippen molar-refractivity contribution in [2.24, 2.45) is 0 Å². The predicted molar refractivity (Wildman–Crippen MR) is 80.9 cm³/mol. The number of anilines is 2. The number of ether oxygens (including phenoxy) is 1. The summed E-state index contributed by atoms with van der Waals surface area (Å²) in [4.78, 5) is 11.8. The van der Waals surface area contributed by atoms with Crippen LogP contribution in [-0.2, 0) is 4.79 Å². The lowest BCUT2D eigenvalue weighted by Gasteiger charge is -2.10. The van der Waals surface area contributed by atoms with Crippen molar-refractivity contribution in [3.8, 4) is 5.75 Å². The fraction of sp³-hybridized carbons (Fsp3) is 0.188. The Hall–Kier alpha value is -2.49. The lowest BCUT2D eigenvalue weighted by molar-refractivity contribution is -0.118. The number of carbonyl (C=O) groups excluding carboxylic acids is 1. The molecule has 0 radical (unpaired) electrons. The maximum atomic E-state index is 11.8. The van der Waals surface area contributed by atoms with Gasteiger partial charge in [0.1, 0.15) is 5.75 Å². The van der Waals surface area contributed by atoms with Crippen LogP contribution in [0.1, 0.15) is 11.1 Å². The number of amides is 1. The molecule has 0 aliphatic rings. The number of hydrogen-bond acceptors (Lipinski definition) is 3. The molecule has 2 aromatic rings. The molecule has 3 N–H and O–H groups in total. The summed E-state index contributed by atoms with van der Waals surface area (Å²) in [6, 6.07) is 13.0. The van der Waals surface area contributed by atoms with E-state index in [9.17, 15) is 4.79 Å². The third-order valence-electron chi connectivity index (χ3n) is 2.80.